The number of hydrogen-bond donors (Lipinski definition) is 1. The Morgan fingerprint density at radius 1 is 1.53 bits per heavy atom. The van der Waals surface area contributed by atoms with Crippen LogP contribution in [0.15, 0.2) is 30.0 Å². The number of allylic oxidation sites excluding steroid dienone is 1. The molecule has 1 aromatic carbocycles. The summed E-state index contributed by atoms with van der Waals surface area (Å²) in [6.07, 6.45) is 1.33. The normalized spacial score (nSPS) is 11.1. The zero-order valence-corrected chi connectivity index (χ0v) is 8.01. The molecule has 0 bridgehead atoms. The van der Waals surface area contributed by atoms with Gasteiger partial charge in [-0.3, -0.25) is 10.1 Å². The third-order valence-electron chi connectivity index (χ3n) is 1.80. The third-order valence-corrected chi connectivity index (χ3v) is 1.80. The lowest BCUT2D eigenvalue weighted by molar-refractivity contribution is -0.422. The summed E-state index contributed by atoms with van der Waals surface area (Å²) in [7, 11) is 0. The van der Waals surface area contributed by atoms with Gasteiger partial charge < -0.3 is 5.11 Å². The fourth-order valence-corrected chi connectivity index (χ4v) is 1.06. The van der Waals surface area contributed by atoms with E-state index < -0.39 is 10.9 Å². The summed E-state index contributed by atoms with van der Waals surface area (Å²) >= 11 is 0. The minimum atomic E-state index is -1.05. The second kappa shape index (κ2) is 4.36. The van der Waals surface area contributed by atoms with Crippen molar-refractivity contribution < 1.29 is 14.8 Å². The molecule has 0 aromatic heterocycles. The molecule has 0 unspecified atom stereocenters. The van der Waals surface area contributed by atoms with Gasteiger partial charge in [0.25, 0.3) is 0 Å². The number of carbonyl (C=O) groups is 1. The van der Waals surface area contributed by atoms with Crippen molar-refractivity contribution in [2.24, 2.45) is 0 Å². The number of nitrogens with zero attached hydrogens (tertiary/aromatic N) is 1. The molecule has 0 spiro atoms. The first-order valence-electron chi connectivity index (χ1n) is 4.17. The van der Waals surface area contributed by atoms with E-state index in [-0.39, 0.29) is 11.3 Å². The zero-order valence-electron chi connectivity index (χ0n) is 8.01. The van der Waals surface area contributed by atoms with Crippen LogP contribution in [-0.2, 0) is 0 Å². The second-order valence-corrected chi connectivity index (χ2v) is 2.97. The molecule has 1 N–H and O–H groups in total. The Kier molecular flexibility index (Phi) is 3.17. The summed E-state index contributed by atoms with van der Waals surface area (Å²) in [6.45, 7) is 1.35. The first kappa shape index (κ1) is 10.9. The standard InChI is InChI=1S/C10H9NO4/c1-7(11(14)15)5-8-3-2-4-9(6-8)10(12)13/h2-6H,1H3,(H,12,13)/b7-5-. The molecule has 0 heterocycles. The molecule has 0 fully saturated rings. The average molecular weight is 207 g/mol. The number of benzene rings is 1. The van der Waals surface area contributed by atoms with Crippen molar-refractivity contribution >= 4 is 12.0 Å². The third kappa shape index (κ3) is 2.91. The van der Waals surface area contributed by atoms with Crippen molar-refractivity contribution in [1.29, 1.82) is 0 Å². The molecule has 0 aliphatic carbocycles. The molecular formula is C10H9NO4. The maximum Gasteiger partial charge on any atom is 0.335 e. The van der Waals surface area contributed by atoms with E-state index in [1.54, 1.807) is 12.1 Å². The average Bonchev–Trinajstić information content (AvgIpc) is 2.18. The molecule has 5 nitrogen and oxygen atoms in total. The maximum absolute atomic E-state index is 10.6. The number of rotatable bonds is 3. The predicted molar refractivity (Wildman–Crippen MR) is 54.0 cm³/mol. The van der Waals surface area contributed by atoms with Gasteiger partial charge in [-0.05, 0) is 17.7 Å². The Hall–Kier alpha value is -2.17. The Bertz CT molecular complexity index is 437. The quantitative estimate of drug-likeness (QED) is 0.607. The van der Waals surface area contributed by atoms with Gasteiger partial charge in [0.2, 0.25) is 5.70 Å². The number of nitro groups is 1. The van der Waals surface area contributed by atoms with Crippen LogP contribution in [0.5, 0.6) is 0 Å². The van der Waals surface area contributed by atoms with Gasteiger partial charge in [-0.2, -0.15) is 0 Å². The van der Waals surface area contributed by atoms with Gasteiger partial charge in [-0.25, -0.2) is 4.79 Å². The Morgan fingerprint density at radius 2 is 2.20 bits per heavy atom. The first-order chi connectivity index (χ1) is 7.00. The highest BCUT2D eigenvalue weighted by atomic mass is 16.6. The van der Waals surface area contributed by atoms with E-state index >= 15 is 0 Å². The number of hydrogen-bond acceptors (Lipinski definition) is 3. The molecule has 1 aromatic rings. The maximum atomic E-state index is 10.6. The van der Waals surface area contributed by atoms with E-state index in [4.69, 9.17) is 5.11 Å². The van der Waals surface area contributed by atoms with Gasteiger partial charge in [-0.15, -0.1) is 0 Å². The summed E-state index contributed by atoms with van der Waals surface area (Å²) in [6, 6.07) is 5.97. The van der Waals surface area contributed by atoms with Gasteiger partial charge in [0.1, 0.15) is 0 Å². The van der Waals surface area contributed by atoms with Crippen LogP contribution in [0.1, 0.15) is 22.8 Å². The zero-order chi connectivity index (χ0) is 11.4. The molecule has 15 heavy (non-hydrogen) atoms. The van der Waals surface area contributed by atoms with E-state index in [2.05, 4.69) is 0 Å². The van der Waals surface area contributed by atoms with Crippen LogP contribution in [-0.4, -0.2) is 16.0 Å². The minimum absolute atomic E-state index is 0.0301. The monoisotopic (exact) mass is 207 g/mol. The van der Waals surface area contributed by atoms with E-state index in [0.29, 0.717) is 5.56 Å². The lowest BCUT2D eigenvalue weighted by atomic mass is 10.1. The summed E-state index contributed by atoms with van der Waals surface area (Å²) in [5.74, 6) is -1.05. The van der Waals surface area contributed by atoms with Crippen molar-refractivity contribution in [2.45, 2.75) is 6.92 Å². The van der Waals surface area contributed by atoms with Crippen molar-refractivity contribution in [3.05, 3.63) is 51.2 Å². The highest BCUT2D eigenvalue weighted by Crippen LogP contribution is 2.10. The Labute approximate surface area is 85.8 Å². The summed E-state index contributed by atoms with van der Waals surface area (Å²) < 4.78 is 0. The van der Waals surface area contributed by atoms with Crippen molar-refractivity contribution in [3.63, 3.8) is 0 Å². The minimum Gasteiger partial charge on any atom is -0.478 e. The molecule has 1 rings (SSSR count). The summed E-state index contributed by atoms with van der Waals surface area (Å²) in [4.78, 5) is 20.4. The fraction of sp³-hybridized carbons (Fsp3) is 0.100. The molecule has 5 heteroatoms. The molecule has 0 radical (unpaired) electrons. The molecule has 0 aliphatic rings. The molecule has 0 saturated carbocycles. The van der Waals surface area contributed by atoms with Crippen LogP contribution < -0.4 is 0 Å². The smallest absolute Gasteiger partial charge is 0.335 e. The molecule has 78 valence electrons. The largest absolute Gasteiger partial charge is 0.478 e. The van der Waals surface area contributed by atoms with Gasteiger partial charge in [0, 0.05) is 13.0 Å². The Morgan fingerprint density at radius 3 is 2.73 bits per heavy atom. The second-order valence-electron chi connectivity index (χ2n) is 2.97. The van der Waals surface area contributed by atoms with E-state index in [9.17, 15) is 14.9 Å². The molecule has 0 amide bonds. The Balaban J connectivity index is 3.06. The topological polar surface area (TPSA) is 80.4 Å². The van der Waals surface area contributed by atoms with Crippen molar-refractivity contribution in [3.8, 4) is 0 Å². The fourth-order valence-electron chi connectivity index (χ4n) is 1.06. The van der Waals surface area contributed by atoms with Crippen LogP contribution in [0.25, 0.3) is 6.08 Å². The number of aromatic carboxylic acids is 1. The van der Waals surface area contributed by atoms with Gasteiger partial charge in [0.15, 0.2) is 0 Å². The molecule has 0 atom stereocenters. The van der Waals surface area contributed by atoms with Gasteiger partial charge in [-0.1, -0.05) is 12.1 Å². The molecule has 0 aliphatic heterocycles. The van der Waals surface area contributed by atoms with Gasteiger partial charge >= 0.3 is 5.97 Å². The number of carboxylic acid groups (broad SMARTS) is 1. The lowest BCUT2D eigenvalue weighted by Crippen LogP contribution is -1.97. The van der Waals surface area contributed by atoms with Crippen molar-refractivity contribution in [1.82, 2.24) is 0 Å². The van der Waals surface area contributed by atoms with Crippen molar-refractivity contribution in [2.75, 3.05) is 0 Å². The lowest BCUT2D eigenvalue weighted by Gasteiger charge is -1.96. The van der Waals surface area contributed by atoms with Crippen LogP contribution in [0, 0.1) is 10.1 Å². The van der Waals surface area contributed by atoms with Crippen LogP contribution in [0.3, 0.4) is 0 Å². The van der Waals surface area contributed by atoms with E-state index in [1.807, 2.05) is 0 Å². The summed E-state index contributed by atoms with van der Waals surface area (Å²) in [5, 5.41) is 19.0. The first-order valence-corrected chi connectivity index (χ1v) is 4.17. The molecule has 0 saturated heterocycles. The molecular weight excluding hydrogens is 198 g/mol. The van der Waals surface area contributed by atoms with E-state index in [0.717, 1.165) is 0 Å². The SMILES string of the molecule is C/C(=C/c1cccc(C(=O)O)c1)[N+](=O)[O-]. The van der Waals surface area contributed by atoms with Crippen LogP contribution in [0.4, 0.5) is 0 Å². The number of carboxylic acids is 1. The predicted octanol–water partition coefficient (Wildman–Crippen LogP) is 2.02. The van der Waals surface area contributed by atoms with E-state index in [1.165, 1.54) is 25.1 Å². The van der Waals surface area contributed by atoms with Crippen LogP contribution >= 0.6 is 0 Å². The summed E-state index contributed by atoms with van der Waals surface area (Å²) in [5.41, 5.74) is 0.585. The van der Waals surface area contributed by atoms with Gasteiger partial charge in [0.05, 0.1) is 10.5 Å². The highest BCUT2D eigenvalue weighted by molar-refractivity contribution is 5.88. The highest BCUT2D eigenvalue weighted by Gasteiger charge is 2.05. The van der Waals surface area contributed by atoms with Crippen LogP contribution in [0.2, 0.25) is 0 Å².